The minimum Gasteiger partial charge on any atom is -0.307 e. The number of hydrogen-bond acceptors (Lipinski definition) is 1. The van der Waals surface area contributed by atoms with E-state index in [2.05, 4.69) is 37.9 Å². The Morgan fingerprint density at radius 1 is 1.35 bits per heavy atom. The summed E-state index contributed by atoms with van der Waals surface area (Å²) in [6.45, 7) is 8.18. The molecule has 1 nitrogen and oxygen atoms in total. The van der Waals surface area contributed by atoms with E-state index < -0.39 is 0 Å². The van der Waals surface area contributed by atoms with Gasteiger partial charge in [-0.1, -0.05) is 36.7 Å². The molecule has 0 aliphatic carbocycles. The highest BCUT2D eigenvalue weighted by Gasteiger charge is 2.11. The monoisotopic (exact) mass is 251 g/mol. The molecule has 2 atom stereocenters. The van der Waals surface area contributed by atoms with Gasteiger partial charge in [-0.25, -0.2) is 0 Å². The minimum atomic E-state index is 0.409. The Balaban J connectivity index is 2.58. The third-order valence-corrected chi connectivity index (χ3v) is 3.22. The molecule has 0 bridgehead atoms. The van der Waals surface area contributed by atoms with Crippen molar-refractivity contribution < 1.29 is 0 Å². The Hall–Kier alpha value is -0.790. The second kappa shape index (κ2) is 7.52. The van der Waals surface area contributed by atoms with Gasteiger partial charge in [0, 0.05) is 17.1 Å². The molecular weight excluding hydrogens is 230 g/mol. The zero-order valence-corrected chi connectivity index (χ0v) is 11.5. The molecule has 0 heterocycles. The van der Waals surface area contributed by atoms with E-state index in [-0.39, 0.29) is 0 Å². The number of rotatable bonds is 7. The van der Waals surface area contributed by atoms with Crippen LogP contribution in [-0.2, 0) is 0 Å². The average molecular weight is 252 g/mol. The Labute approximate surface area is 110 Å². The lowest BCUT2D eigenvalue weighted by atomic mass is 10.0. The molecule has 0 aliphatic rings. The van der Waals surface area contributed by atoms with Gasteiger partial charge in [0.2, 0.25) is 0 Å². The minimum absolute atomic E-state index is 0.409. The highest BCUT2D eigenvalue weighted by molar-refractivity contribution is 6.30. The van der Waals surface area contributed by atoms with Gasteiger partial charge in [-0.3, -0.25) is 0 Å². The Kier molecular flexibility index (Phi) is 6.31. The maximum atomic E-state index is 5.90. The second-order valence-corrected chi connectivity index (χ2v) is 4.88. The van der Waals surface area contributed by atoms with Crippen LogP contribution in [0.5, 0.6) is 0 Å². The van der Waals surface area contributed by atoms with Gasteiger partial charge in [-0.15, -0.1) is 6.58 Å². The summed E-state index contributed by atoms with van der Waals surface area (Å²) in [4.78, 5) is 0. The molecule has 94 valence electrons. The molecule has 0 radical (unpaired) electrons. The molecule has 0 spiro atoms. The van der Waals surface area contributed by atoms with Crippen LogP contribution in [0.25, 0.3) is 0 Å². The second-order valence-electron chi connectivity index (χ2n) is 4.45. The van der Waals surface area contributed by atoms with Gasteiger partial charge in [-0.05, 0) is 43.9 Å². The van der Waals surface area contributed by atoms with E-state index in [1.165, 1.54) is 5.56 Å². The predicted molar refractivity (Wildman–Crippen MR) is 76.5 cm³/mol. The lowest BCUT2D eigenvalue weighted by Gasteiger charge is -2.22. The van der Waals surface area contributed by atoms with Gasteiger partial charge >= 0.3 is 0 Å². The van der Waals surface area contributed by atoms with Crippen molar-refractivity contribution in [1.29, 1.82) is 0 Å². The molecule has 2 unspecified atom stereocenters. The molecule has 1 N–H and O–H groups in total. The van der Waals surface area contributed by atoms with Gasteiger partial charge < -0.3 is 5.32 Å². The molecule has 1 rings (SSSR count). The molecule has 1 aromatic carbocycles. The van der Waals surface area contributed by atoms with Gasteiger partial charge in [0.1, 0.15) is 0 Å². The summed E-state index contributed by atoms with van der Waals surface area (Å²) in [5, 5.41) is 4.44. The van der Waals surface area contributed by atoms with Crippen LogP contribution in [0, 0.1) is 0 Å². The smallest absolute Gasteiger partial charge is 0.0406 e. The fraction of sp³-hybridized carbons (Fsp3) is 0.467. The summed E-state index contributed by atoms with van der Waals surface area (Å²) in [5.41, 5.74) is 1.31. The molecule has 0 saturated carbocycles. The molecule has 0 saturated heterocycles. The average Bonchev–Trinajstić information content (AvgIpc) is 2.34. The first-order valence-electron chi connectivity index (χ1n) is 6.29. The SMILES string of the molecule is C=CCCC(C)NC(CC)c1ccc(Cl)cc1. The topological polar surface area (TPSA) is 12.0 Å². The molecule has 2 heteroatoms. The zero-order valence-electron chi connectivity index (χ0n) is 10.7. The summed E-state index contributed by atoms with van der Waals surface area (Å²) in [7, 11) is 0. The van der Waals surface area contributed by atoms with Crippen LogP contribution < -0.4 is 5.32 Å². The van der Waals surface area contributed by atoms with Crippen molar-refractivity contribution in [2.24, 2.45) is 0 Å². The first-order chi connectivity index (χ1) is 8.17. The van der Waals surface area contributed by atoms with Crippen molar-refractivity contribution in [3.63, 3.8) is 0 Å². The predicted octanol–water partition coefficient (Wildman–Crippen LogP) is 4.74. The molecular formula is C15H22ClN. The molecule has 1 aromatic rings. The van der Waals surface area contributed by atoms with Gasteiger partial charge in [0.15, 0.2) is 0 Å². The van der Waals surface area contributed by atoms with Crippen LogP contribution in [0.4, 0.5) is 0 Å². The van der Waals surface area contributed by atoms with Crippen LogP contribution >= 0.6 is 11.6 Å². The Morgan fingerprint density at radius 3 is 2.53 bits per heavy atom. The number of allylic oxidation sites excluding steroid dienone is 1. The summed E-state index contributed by atoms with van der Waals surface area (Å²) in [6, 6.07) is 9.03. The first kappa shape index (κ1) is 14.3. The highest BCUT2D eigenvalue weighted by Crippen LogP contribution is 2.20. The maximum absolute atomic E-state index is 5.90. The quantitative estimate of drug-likeness (QED) is 0.691. The third-order valence-electron chi connectivity index (χ3n) is 2.97. The Bertz CT molecular complexity index is 331. The van der Waals surface area contributed by atoms with Crippen LogP contribution in [0.1, 0.15) is 44.7 Å². The van der Waals surface area contributed by atoms with Gasteiger partial charge in [0.25, 0.3) is 0 Å². The van der Waals surface area contributed by atoms with Gasteiger partial charge in [-0.2, -0.15) is 0 Å². The lowest BCUT2D eigenvalue weighted by molar-refractivity contribution is 0.429. The molecule has 17 heavy (non-hydrogen) atoms. The number of nitrogens with one attached hydrogen (secondary N) is 1. The van der Waals surface area contributed by atoms with Crippen LogP contribution in [0.15, 0.2) is 36.9 Å². The Morgan fingerprint density at radius 2 is 2.00 bits per heavy atom. The van der Waals surface area contributed by atoms with E-state index in [9.17, 15) is 0 Å². The van der Waals surface area contributed by atoms with Crippen LogP contribution in [-0.4, -0.2) is 6.04 Å². The van der Waals surface area contributed by atoms with Crippen molar-refractivity contribution >= 4 is 11.6 Å². The van der Waals surface area contributed by atoms with Crippen molar-refractivity contribution in [3.05, 3.63) is 47.5 Å². The summed E-state index contributed by atoms with van der Waals surface area (Å²) >= 11 is 5.90. The number of hydrogen-bond donors (Lipinski definition) is 1. The van der Waals surface area contributed by atoms with E-state index in [1.54, 1.807) is 0 Å². The van der Waals surface area contributed by atoms with Crippen LogP contribution in [0.3, 0.4) is 0 Å². The van der Waals surface area contributed by atoms with E-state index in [0.29, 0.717) is 12.1 Å². The molecule has 0 amide bonds. The van der Waals surface area contributed by atoms with Crippen molar-refractivity contribution in [2.45, 2.75) is 45.2 Å². The van der Waals surface area contributed by atoms with Crippen molar-refractivity contribution in [3.8, 4) is 0 Å². The number of halogens is 1. The van der Waals surface area contributed by atoms with E-state index >= 15 is 0 Å². The van der Waals surface area contributed by atoms with E-state index in [0.717, 1.165) is 24.3 Å². The van der Waals surface area contributed by atoms with Crippen LogP contribution in [0.2, 0.25) is 5.02 Å². The van der Waals surface area contributed by atoms with Gasteiger partial charge in [0.05, 0.1) is 0 Å². The third kappa shape index (κ3) is 4.93. The fourth-order valence-corrected chi connectivity index (χ4v) is 2.07. The van der Waals surface area contributed by atoms with Crippen molar-refractivity contribution in [2.75, 3.05) is 0 Å². The molecule has 0 fully saturated rings. The maximum Gasteiger partial charge on any atom is 0.0406 e. The van der Waals surface area contributed by atoms with E-state index in [1.807, 2.05) is 18.2 Å². The summed E-state index contributed by atoms with van der Waals surface area (Å²) in [5.74, 6) is 0. The standard InChI is InChI=1S/C15H22ClN/c1-4-6-7-12(3)17-15(5-2)13-8-10-14(16)11-9-13/h4,8-12,15,17H,1,5-7H2,2-3H3. The fourth-order valence-electron chi connectivity index (χ4n) is 1.94. The molecule has 0 aromatic heterocycles. The van der Waals surface area contributed by atoms with Crippen molar-refractivity contribution in [1.82, 2.24) is 5.32 Å². The zero-order chi connectivity index (χ0) is 12.7. The first-order valence-corrected chi connectivity index (χ1v) is 6.67. The summed E-state index contributed by atoms with van der Waals surface area (Å²) in [6.07, 6.45) is 5.25. The highest BCUT2D eigenvalue weighted by atomic mass is 35.5. The lowest BCUT2D eigenvalue weighted by Crippen LogP contribution is -2.30. The molecule has 0 aliphatic heterocycles. The number of benzene rings is 1. The summed E-state index contributed by atoms with van der Waals surface area (Å²) < 4.78 is 0. The largest absolute Gasteiger partial charge is 0.307 e. The van der Waals surface area contributed by atoms with E-state index in [4.69, 9.17) is 11.6 Å². The normalized spacial score (nSPS) is 14.3.